The number of alkyl carbamates (subject to hydrolysis) is 1. The molecule has 5 nitrogen and oxygen atoms in total. The van der Waals surface area contributed by atoms with Gasteiger partial charge in [0, 0.05) is 12.5 Å². The van der Waals surface area contributed by atoms with Gasteiger partial charge in [0.2, 0.25) is 5.91 Å². The predicted molar refractivity (Wildman–Crippen MR) is 116 cm³/mol. The van der Waals surface area contributed by atoms with Crippen molar-refractivity contribution in [2.24, 2.45) is 11.3 Å². The molecule has 2 aliphatic carbocycles. The Balaban J connectivity index is 1.39. The van der Waals surface area contributed by atoms with E-state index in [1.54, 1.807) is 0 Å². The van der Waals surface area contributed by atoms with Gasteiger partial charge in [0.25, 0.3) is 0 Å². The van der Waals surface area contributed by atoms with Gasteiger partial charge in [-0.25, -0.2) is 4.79 Å². The van der Waals surface area contributed by atoms with Gasteiger partial charge < -0.3 is 15.4 Å². The Kier molecular flexibility index (Phi) is 6.07. The molecule has 2 aromatic rings. The molecule has 0 spiro atoms. The van der Waals surface area contributed by atoms with Crippen LogP contribution in [0.25, 0.3) is 0 Å². The van der Waals surface area contributed by atoms with Crippen molar-refractivity contribution in [2.45, 2.75) is 57.7 Å². The lowest BCUT2D eigenvalue weighted by atomic mass is 9.81. The summed E-state index contributed by atoms with van der Waals surface area (Å²) in [5.41, 5.74) is 2.10. The third-order valence-electron chi connectivity index (χ3n) is 6.71. The van der Waals surface area contributed by atoms with Gasteiger partial charge in [-0.05, 0) is 48.1 Å². The number of benzene rings is 2. The first-order chi connectivity index (χ1) is 14.5. The fourth-order valence-electron chi connectivity index (χ4n) is 5.00. The normalized spacial score (nSPS) is 25.5. The second-order valence-electron chi connectivity index (χ2n) is 9.01. The molecule has 4 atom stereocenters. The van der Waals surface area contributed by atoms with Crippen molar-refractivity contribution >= 4 is 12.0 Å². The highest BCUT2D eigenvalue weighted by Crippen LogP contribution is 2.53. The zero-order valence-corrected chi connectivity index (χ0v) is 17.5. The summed E-state index contributed by atoms with van der Waals surface area (Å²) >= 11 is 0. The number of amides is 2. The zero-order chi connectivity index (χ0) is 21.0. The summed E-state index contributed by atoms with van der Waals surface area (Å²) in [6, 6.07) is 18.8. The number of carbonyl (C=O) groups excluding carboxylic acids is 2. The monoisotopic (exact) mass is 406 g/mol. The molecule has 5 heteroatoms. The van der Waals surface area contributed by atoms with E-state index in [2.05, 4.69) is 17.6 Å². The van der Waals surface area contributed by atoms with Crippen molar-refractivity contribution in [1.82, 2.24) is 10.6 Å². The molecule has 30 heavy (non-hydrogen) atoms. The Labute approximate surface area is 178 Å². The van der Waals surface area contributed by atoms with Gasteiger partial charge in [0.15, 0.2) is 0 Å². The SMILES string of the molecule is C[C@@]12CC[C@@H](C[C@H]1NC(=O)[C@H](Cc1ccccc1)NC(=O)OCc1ccccc1)C2. The molecule has 2 amide bonds. The van der Waals surface area contributed by atoms with Gasteiger partial charge >= 0.3 is 6.09 Å². The Morgan fingerprint density at radius 1 is 1.07 bits per heavy atom. The van der Waals surface area contributed by atoms with Crippen LogP contribution >= 0.6 is 0 Å². The molecular weight excluding hydrogens is 376 g/mol. The van der Waals surface area contributed by atoms with Gasteiger partial charge in [-0.3, -0.25) is 4.79 Å². The molecule has 2 fully saturated rings. The number of rotatable bonds is 7. The smallest absolute Gasteiger partial charge is 0.408 e. The summed E-state index contributed by atoms with van der Waals surface area (Å²) < 4.78 is 5.36. The van der Waals surface area contributed by atoms with Gasteiger partial charge in [0.05, 0.1) is 0 Å². The van der Waals surface area contributed by atoms with Crippen LogP contribution in [0, 0.1) is 11.3 Å². The number of ether oxygens (including phenoxy) is 1. The van der Waals surface area contributed by atoms with E-state index in [9.17, 15) is 9.59 Å². The molecule has 0 aromatic heterocycles. The van der Waals surface area contributed by atoms with Crippen LogP contribution in [-0.2, 0) is 22.6 Å². The fourth-order valence-corrected chi connectivity index (χ4v) is 5.00. The Bertz CT molecular complexity index is 870. The summed E-state index contributed by atoms with van der Waals surface area (Å²) in [5.74, 6) is 0.589. The Morgan fingerprint density at radius 3 is 2.33 bits per heavy atom. The third-order valence-corrected chi connectivity index (χ3v) is 6.71. The number of fused-ring (bicyclic) bond motifs is 2. The van der Waals surface area contributed by atoms with E-state index in [-0.39, 0.29) is 24.0 Å². The van der Waals surface area contributed by atoms with Crippen molar-refractivity contribution in [2.75, 3.05) is 0 Å². The summed E-state index contributed by atoms with van der Waals surface area (Å²) in [6.45, 7) is 2.45. The zero-order valence-electron chi connectivity index (χ0n) is 17.5. The molecular formula is C25H30N2O3. The lowest BCUT2D eigenvalue weighted by molar-refractivity contribution is -0.124. The van der Waals surface area contributed by atoms with Crippen molar-refractivity contribution in [3.05, 3.63) is 71.8 Å². The summed E-state index contributed by atoms with van der Waals surface area (Å²) in [6.07, 6.45) is 4.51. The van der Waals surface area contributed by atoms with Crippen LogP contribution < -0.4 is 10.6 Å². The molecule has 2 N–H and O–H groups in total. The predicted octanol–water partition coefficient (Wildman–Crippen LogP) is 4.22. The minimum Gasteiger partial charge on any atom is -0.445 e. The van der Waals surface area contributed by atoms with Crippen LogP contribution in [0.2, 0.25) is 0 Å². The Hall–Kier alpha value is -2.82. The van der Waals surface area contributed by atoms with Crippen LogP contribution in [0.5, 0.6) is 0 Å². The highest BCUT2D eigenvalue weighted by Gasteiger charge is 2.49. The second-order valence-corrected chi connectivity index (χ2v) is 9.01. The molecule has 0 aliphatic heterocycles. The van der Waals surface area contributed by atoms with Crippen LogP contribution in [0.15, 0.2) is 60.7 Å². The highest BCUT2D eigenvalue weighted by atomic mass is 16.5. The lowest BCUT2D eigenvalue weighted by Crippen LogP contribution is -2.53. The fraction of sp³-hybridized carbons (Fsp3) is 0.440. The molecule has 2 saturated carbocycles. The van der Waals surface area contributed by atoms with E-state index in [0.717, 1.165) is 23.5 Å². The lowest BCUT2D eigenvalue weighted by Gasteiger charge is -2.33. The van der Waals surface area contributed by atoms with Crippen molar-refractivity contribution < 1.29 is 14.3 Å². The molecule has 0 saturated heterocycles. The van der Waals surface area contributed by atoms with Gasteiger partial charge in [0.1, 0.15) is 12.6 Å². The van der Waals surface area contributed by atoms with Crippen molar-refractivity contribution in [3.8, 4) is 0 Å². The minimum absolute atomic E-state index is 0.130. The van der Waals surface area contributed by atoms with Gasteiger partial charge in [-0.1, -0.05) is 67.6 Å². The van der Waals surface area contributed by atoms with Crippen molar-refractivity contribution in [3.63, 3.8) is 0 Å². The molecule has 0 radical (unpaired) electrons. The summed E-state index contributed by atoms with van der Waals surface area (Å²) in [4.78, 5) is 25.6. The molecule has 2 aromatic carbocycles. The molecule has 0 heterocycles. The van der Waals surface area contributed by atoms with Crippen molar-refractivity contribution in [1.29, 1.82) is 0 Å². The van der Waals surface area contributed by atoms with E-state index >= 15 is 0 Å². The number of carbonyl (C=O) groups is 2. The number of hydrogen-bond acceptors (Lipinski definition) is 3. The average molecular weight is 407 g/mol. The maximum Gasteiger partial charge on any atom is 0.408 e. The van der Waals surface area contributed by atoms with Crippen LogP contribution in [-0.4, -0.2) is 24.1 Å². The average Bonchev–Trinajstić information content (AvgIpc) is 3.28. The molecule has 2 aliphatic rings. The quantitative estimate of drug-likeness (QED) is 0.723. The molecule has 4 rings (SSSR count). The number of nitrogens with one attached hydrogen (secondary N) is 2. The second kappa shape index (κ2) is 8.90. The van der Waals surface area contributed by atoms with E-state index in [4.69, 9.17) is 4.74 Å². The highest BCUT2D eigenvalue weighted by molar-refractivity contribution is 5.86. The van der Waals surface area contributed by atoms with Gasteiger partial charge in [-0.2, -0.15) is 0 Å². The Morgan fingerprint density at radius 2 is 1.73 bits per heavy atom. The van der Waals surface area contributed by atoms with E-state index in [1.165, 1.54) is 19.3 Å². The number of hydrogen-bond donors (Lipinski definition) is 2. The van der Waals surface area contributed by atoms with Gasteiger partial charge in [-0.15, -0.1) is 0 Å². The summed E-state index contributed by atoms with van der Waals surface area (Å²) in [7, 11) is 0. The van der Waals surface area contributed by atoms with E-state index < -0.39 is 12.1 Å². The van der Waals surface area contributed by atoms with Crippen LogP contribution in [0.4, 0.5) is 4.79 Å². The summed E-state index contributed by atoms with van der Waals surface area (Å²) in [5, 5.41) is 6.03. The first-order valence-corrected chi connectivity index (χ1v) is 10.8. The first kappa shape index (κ1) is 20.5. The molecule has 2 bridgehead atoms. The standard InChI is InChI=1S/C25H30N2O3/c1-25-13-12-20(16-25)15-22(25)27-23(28)21(14-18-8-4-2-5-9-18)26-24(29)30-17-19-10-6-3-7-11-19/h2-11,20-22H,12-17H2,1H3,(H,26,29)(H,27,28)/t20-,21-,22+,25-/m0/s1. The van der Waals surface area contributed by atoms with Crippen LogP contribution in [0.3, 0.4) is 0 Å². The molecule has 158 valence electrons. The maximum absolute atomic E-state index is 13.2. The molecule has 0 unspecified atom stereocenters. The minimum atomic E-state index is -0.668. The topological polar surface area (TPSA) is 67.4 Å². The largest absolute Gasteiger partial charge is 0.445 e. The maximum atomic E-state index is 13.2. The van der Waals surface area contributed by atoms with Crippen LogP contribution in [0.1, 0.15) is 43.7 Å². The first-order valence-electron chi connectivity index (χ1n) is 10.8. The van der Waals surface area contributed by atoms with E-state index in [1.807, 2.05) is 60.7 Å². The van der Waals surface area contributed by atoms with E-state index in [0.29, 0.717) is 6.42 Å². The third kappa shape index (κ3) is 4.84.